The highest BCUT2D eigenvalue weighted by Gasteiger charge is 2.31. The highest BCUT2D eigenvalue weighted by Crippen LogP contribution is 2.32. The van der Waals surface area contributed by atoms with Crippen molar-refractivity contribution < 1.29 is 4.79 Å². The first-order valence-electron chi connectivity index (χ1n) is 8.73. The van der Waals surface area contributed by atoms with Gasteiger partial charge in [0, 0.05) is 13.1 Å². The molecule has 0 bridgehead atoms. The summed E-state index contributed by atoms with van der Waals surface area (Å²) in [5, 5.41) is 0. The van der Waals surface area contributed by atoms with Crippen molar-refractivity contribution in [3.8, 4) is 0 Å². The fourth-order valence-corrected chi connectivity index (χ4v) is 3.49. The fourth-order valence-electron chi connectivity index (χ4n) is 3.49. The number of nitrogens with zero attached hydrogens (tertiary/aromatic N) is 2. The first-order chi connectivity index (χ1) is 11.7. The van der Waals surface area contributed by atoms with Crippen LogP contribution in [0.1, 0.15) is 29.0 Å². The zero-order chi connectivity index (χ0) is 16.9. The normalized spacial score (nSPS) is 17.0. The van der Waals surface area contributed by atoms with Gasteiger partial charge in [0.2, 0.25) is 5.91 Å². The van der Waals surface area contributed by atoms with Crippen molar-refractivity contribution in [3.05, 3.63) is 71.3 Å². The second-order valence-corrected chi connectivity index (χ2v) is 6.77. The van der Waals surface area contributed by atoms with Crippen molar-refractivity contribution in [2.75, 3.05) is 33.7 Å². The van der Waals surface area contributed by atoms with Gasteiger partial charge in [0.25, 0.3) is 0 Å². The van der Waals surface area contributed by atoms with Crippen molar-refractivity contribution >= 4 is 18.3 Å². The summed E-state index contributed by atoms with van der Waals surface area (Å²) < 4.78 is 0. The molecule has 1 atom stereocenters. The lowest BCUT2D eigenvalue weighted by molar-refractivity contribution is -0.131. The van der Waals surface area contributed by atoms with E-state index in [2.05, 4.69) is 54.2 Å². The van der Waals surface area contributed by atoms with E-state index in [9.17, 15) is 4.79 Å². The number of benzene rings is 2. The molecule has 2 aromatic carbocycles. The lowest BCUT2D eigenvalue weighted by Crippen LogP contribution is -2.36. The Morgan fingerprint density at radius 2 is 1.72 bits per heavy atom. The number of carbonyl (C=O) groups excluding carboxylic acids is 1. The largest absolute Gasteiger partial charge is 0.341 e. The van der Waals surface area contributed by atoms with Gasteiger partial charge in [-0.25, -0.2) is 0 Å². The number of halogens is 1. The second-order valence-electron chi connectivity index (χ2n) is 6.77. The topological polar surface area (TPSA) is 23.6 Å². The molecule has 1 heterocycles. The molecule has 0 radical (unpaired) electrons. The number of hydrogen-bond acceptors (Lipinski definition) is 2. The third-order valence-corrected chi connectivity index (χ3v) is 4.74. The van der Waals surface area contributed by atoms with Crippen LogP contribution in [0.15, 0.2) is 54.6 Å². The van der Waals surface area contributed by atoms with Crippen molar-refractivity contribution in [1.29, 1.82) is 0 Å². The van der Waals surface area contributed by atoms with E-state index in [1.807, 2.05) is 24.3 Å². The highest BCUT2D eigenvalue weighted by molar-refractivity contribution is 5.88. The molecule has 1 amide bonds. The van der Waals surface area contributed by atoms with Gasteiger partial charge >= 0.3 is 0 Å². The average molecular weight is 359 g/mol. The van der Waals surface area contributed by atoms with Gasteiger partial charge in [-0.15, -0.1) is 12.4 Å². The number of carbonyl (C=O) groups is 1. The zero-order valence-corrected chi connectivity index (χ0v) is 15.8. The van der Waals surface area contributed by atoms with Gasteiger partial charge < -0.3 is 9.80 Å². The minimum absolute atomic E-state index is 0. The van der Waals surface area contributed by atoms with Gasteiger partial charge in [0.1, 0.15) is 0 Å². The summed E-state index contributed by atoms with van der Waals surface area (Å²) >= 11 is 0. The van der Waals surface area contributed by atoms with Crippen LogP contribution in [0.2, 0.25) is 0 Å². The van der Waals surface area contributed by atoms with Crippen LogP contribution in [-0.4, -0.2) is 49.4 Å². The predicted octanol–water partition coefficient (Wildman–Crippen LogP) is 3.58. The molecule has 1 unspecified atom stereocenters. The van der Waals surface area contributed by atoms with Crippen LogP contribution >= 0.6 is 12.4 Å². The Morgan fingerprint density at radius 3 is 2.44 bits per heavy atom. The summed E-state index contributed by atoms with van der Waals surface area (Å²) in [6.45, 7) is 2.65. The van der Waals surface area contributed by atoms with Gasteiger partial charge in [-0.05, 0) is 50.2 Å². The summed E-state index contributed by atoms with van der Waals surface area (Å²) in [6.07, 6.45) is 1.95. The molecule has 0 N–H and O–H groups in total. The Morgan fingerprint density at radius 1 is 1.04 bits per heavy atom. The lowest BCUT2D eigenvalue weighted by Gasteiger charge is -2.25. The second kappa shape index (κ2) is 9.02. The van der Waals surface area contributed by atoms with E-state index in [4.69, 9.17) is 0 Å². The van der Waals surface area contributed by atoms with Crippen LogP contribution in [0.3, 0.4) is 0 Å². The van der Waals surface area contributed by atoms with Crippen LogP contribution in [-0.2, 0) is 11.2 Å². The number of fused-ring (bicyclic) bond motifs is 1. The third-order valence-electron chi connectivity index (χ3n) is 4.74. The van der Waals surface area contributed by atoms with E-state index >= 15 is 0 Å². The Hall–Kier alpha value is -1.84. The maximum absolute atomic E-state index is 13.3. The molecule has 0 aliphatic carbocycles. The molecular formula is C21H27ClN2O. The van der Waals surface area contributed by atoms with E-state index in [1.165, 1.54) is 11.1 Å². The van der Waals surface area contributed by atoms with E-state index < -0.39 is 0 Å². The average Bonchev–Trinajstić information content (AvgIpc) is 2.72. The van der Waals surface area contributed by atoms with Crippen molar-refractivity contribution in [3.63, 3.8) is 0 Å². The molecule has 2 aromatic rings. The monoisotopic (exact) mass is 358 g/mol. The van der Waals surface area contributed by atoms with Crippen molar-refractivity contribution in [2.24, 2.45) is 0 Å². The van der Waals surface area contributed by atoms with Crippen LogP contribution in [0, 0.1) is 0 Å². The summed E-state index contributed by atoms with van der Waals surface area (Å²) in [6, 6.07) is 18.6. The van der Waals surface area contributed by atoms with Crippen LogP contribution in [0.4, 0.5) is 0 Å². The molecule has 0 aromatic heterocycles. The molecule has 3 rings (SSSR count). The summed E-state index contributed by atoms with van der Waals surface area (Å²) in [5.74, 6) is 0.0640. The Balaban J connectivity index is 0.00000225. The molecule has 0 saturated carbocycles. The van der Waals surface area contributed by atoms with Gasteiger partial charge in [-0.1, -0.05) is 54.6 Å². The molecule has 25 heavy (non-hydrogen) atoms. The highest BCUT2D eigenvalue weighted by atomic mass is 35.5. The minimum atomic E-state index is -0.177. The molecule has 4 heteroatoms. The molecule has 0 fully saturated rings. The Bertz CT molecular complexity index is 687. The Labute approximate surface area is 157 Å². The zero-order valence-electron chi connectivity index (χ0n) is 15.0. The van der Waals surface area contributed by atoms with Crippen LogP contribution < -0.4 is 0 Å². The number of amides is 1. The van der Waals surface area contributed by atoms with Gasteiger partial charge in [0.15, 0.2) is 0 Å². The smallest absolute Gasteiger partial charge is 0.234 e. The maximum Gasteiger partial charge on any atom is 0.234 e. The maximum atomic E-state index is 13.3. The first kappa shape index (κ1) is 19.5. The van der Waals surface area contributed by atoms with E-state index in [1.54, 1.807) is 0 Å². The van der Waals surface area contributed by atoms with Gasteiger partial charge in [0.05, 0.1) is 5.92 Å². The molecule has 134 valence electrons. The molecular weight excluding hydrogens is 332 g/mol. The lowest BCUT2D eigenvalue weighted by atomic mass is 9.87. The number of rotatable bonds is 5. The molecule has 1 aliphatic heterocycles. The molecule has 0 saturated heterocycles. The number of hydrogen-bond donors (Lipinski definition) is 0. The predicted molar refractivity (Wildman–Crippen MR) is 105 cm³/mol. The third kappa shape index (κ3) is 4.62. The van der Waals surface area contributed by atoms with Crippen LogP contribution in [0.5, 0.6) is 0 Å². The summed E-state index contributed by atoms with van der Waals surface area (Å²) in [5.41, 5.74) is 3.56. The van der Waals surface area contributed by atoms with Crippen molar-refractivity contribution in [2.45, 2.75) is 18.8 Å². The van der Waals surface area contributed by atoms with Gasteiger partial charge in [-0.3, -0.25) is 4.79 Å². The fraction of sp³-hybridized carbons (Fsp3) is 0.381. The van der Waals surface area contributed by atoms with Crippen LogP contribution in [0.25, 0.3) is 0 Å². The quantitative estimate of drug-likeness (QED) is 0.815. The SMILES string of the molecule is CN(C)CCCN1CCc2ccccc2C(c2ccccc2)C1=O.Cl. The summed E-state index contributed by atoms with van der Waals surface area (Å²) in [7, 11) is 4.15. The van der Waals surface area contributed by atoms with E-state index in [0.29, 0.717) is 0 Å². The van der Waals surface area contributed by atoms with Gasteiger partial charge in [-0.2, -0.15) is 0 Å². The van der Waals surface area contributed by atoms with E-state index in [0.717, 1.165) is 38.0 Å². The molecule has 1 aliphatic rings. The Kier molecular flexibility index (Phi) is 7.03. The van der Waals surface area contributed by atoms with E-state index in [-0.39, 0.29) is 24.2 Å². The molecule has 0 spiro atoms. The standard InChI is InChI=1S/C21H26N2O.ClH/c1-22(2)14-8-15-23-16-13-17-9-6-7-12-19(17)20(21(23)24)18-10-4-3-5-11-18;/h3-7,9-12,20H,8,13-16H2,1-2H3;1H. The molecule has 3 nitrogen and oxygen atoms in total. The van der Waals surface area contributed by atoms with Crippen molar-refractivity contribution in [1.82, 2.24) is 9.80 Å². The first-order valence-corrected chi connectivity index (χ1v) is 8.73. The minimum Gasteiger partial charge on any atom is -0.341 e. The summed E-state index contributed by atoms with van der Waals surface area (Å²) in [4.78, 5) is 17.5.